The number of nitrogen functional groups attached to an aromatic ring is 1. The Morgan fingerprint density at radius 1 is 1.17 bits per heavy atom. The second kappa shape index (κ2) is 5.42. The first kappa shape index (κ1) is 12.9. The third-order valence-corrected chi connectivity index (χ3v) is 3.32. The van der Waals surface area contributed by atoms with Crippen LogP contribution in [0.2, 0.25) is 5.02 Å². The summed E-state index contributed by atoms with van der Waals surface area (Å²) in [6, 6.07) is 12.5. The molecule has 0 aliphatic carbocycles. The van der Waals surface area contributed by atoms with Crippen molar-refractivity contribution in [3.05, 3.63) is 63.1 Å². The minimum atomic E-state index is 0.347. The lowest BCUT2D eigenvalue weighted by Crippen LogP contribution is -2.07. The summed E-state index contributed by atoms with van der Waals surface area (Å²) >= 11 is 9.45. The molecule has 18 heavy (non-hydrogen) atoms. The maximum atomic E-state index is 9.23. The van der Waals surface area contributed by atoms with E-state index in [0.717, 1.165) is 4.47 Å². The van der Waals surface area contributed by atoms with Crippen LogP contribution in [-0.4, -0.2) is 10.9 Å². The van der Waals surface area contributed by atoms with Gasteiger partial charge in [0.1, 0.15) is 5.71 Å². The maximum Gasteiger partial charge on any atom is 0.120 e. The van der Waals surface area contributed by atoms with Crippen LogP contribution in [0.5, 0.6) is 0 Å². The molecular formula is C13H10BrClN2O. The Bertz CT molecular complexity index is 614. The number of nitrogens with two attached hydrogens (primary N) is 1. The predicted octanol–water partition coefficient (Wildman–Crippen LogP) is 3.91. The van der Waals surface area contributed by atoms with Crippen LogP contribution in [0.15, 0.2) is 52.1 Å². The van der Waals surface area contributed by atoms with Crippen molar-refractivity contribution in [3.8, 4) is 0 Å². The molecule has 0 spiro atoms. The number of benzene rings is 2. The second-order valence-electron chi connectivity index (χ2n) is 3.66. The topological polar surface area (TPSA) is 58.6 Å². The molecule has 3 N–H and O–H groups in total. The summed E-state index contributed by atoms with van der Waals surface area (Å²) in [5.41, 5.74) is 8.02. The largest absolute Gasteiger partial charge is 0.410 e. The number of nitrogens with zero attached hydrogens (tertiary/aromatic N) is 1. The van der Waals surface area contributed by atoms with E-state index in [2.05, 4.69) is 21.1 Å². The van der Waals surface area contributed by atoms with Gasteiger partial charge in [0.05, 0.1) is 5.02 Å². The Kier molecular flexibility index (Phi) is 3.89. The first-order valence-electron chi connectivity index (χ1n) is 5.16. The van der Waals surface area contributed by atoms with E-state index in [9.17, 15) is 5.21 Å². The standard InChI is InChI=1S/C13H10BrClN2O/c14-8-5-6-12(16)10(7-8)13(17-18)9-3-1-2-4-11(9)15/h1-7,18H,16H2/b17-13+. The molecule has 0 aromatic heterocycles. The minimum absolute atomic E-state index is 0.347. The molecule has 3 nitrogen and oxygen atoms in total. The molecule has 0 aliphatic rings. The van der Waals surface area contributed by atoms with E-state index >= 15 is 0 Å². The number of hydrogen-bond acceptors (Lipinski definition) is 3. The van der Waals surface area contributed by atoms with Gasteiger partial charge in [-0.2, -0.15) is 0 Å². The second-order valence-corrected chi connectivity index (χ2v) is 4.98. The zero-order valence-corrected chi connectivity index (χ0v) is 11.6. The van der Waals surface area contributed by atoms with E-state index in [1.165, 1.54) is 0 Å². The van der Waals surface area contributed by atoms with Crippen molar-refractivity contribution in [2.75, 3.05) is 5.73 Å². The number of hydrogen-bond donors (Lipinski definition) is 2. The lowest BCUT2D eigenvalue weighted by Gasteiger charge is -2.10. The first-order chi connectivity index (χ1) is 8.63. The highest BCUT2D eigenvalue weighted by Crippen LogP contribution is 2.25. The summed E-state index contributed by atoms with van der Waals surface area (Å²) in [5.74, 6) is 0. The molecule has 0 atom stereocenters. The van der Waals surface area contributed by atoms with Crippen molar-refractivity contribution in [1.82, 2.24) is 0 Å². The van der Waals surface area contributed by atoms with Crippen LogP contribution in [0.1, 0.15) is 11.1 Å². The zero-order chi connectivity index (χ0) is 13.1. The monoisotopic (exact) mass is 324 g/mol. The van der Waals surface area contributed by atoms with E-state index in [0.29, 0.717) is 27.5 Å². The van der Waals surface area contributed by atoms with Gasteiger partial charge >= 0.3 is 0 Å². The minimum Gasteiger partial charge on any atom is -0.410 e. The van der Waals surface area contributed by atoms with E-state index in [4.69, 9.17) is 17.3 Å². The van der Waals surface area contributed by atoms with Gasteiger partial charge in [0.15, 0.2) is 0 Å². The average Bonchev–Trinajstić information content (AvgIpc) is 2.36. The molecule has 5 heteroatoms. The molecule has 0 aliphatic heterocycles. The first-order valence-corrected chi connectivity index (χ1v) is 6.33. The fourth-order valence-corrected chi connectivity index (χ4v) is 2.23. The Hall–Kier alpha value is -1.52. The van der Waals surface area contributed by atoms with Gasteiger partial charge < -0.3 is 10.9 Å². The molecule has 2 rings (SSSR count). The quantitative estimate of drug-likeness (QED) is 0.380. The molecule has 2 aromatic rings. The average molecular weight is 326 g/mol. The molecule has 0 heterocycles. The number of oxime groups is 1. The Morgan fingerprint density at radius 3 is 2.56 bits per heavy atom. The molecular weight excluding hydrogens is 316 g/mol. The van der Waals surface area contributed by atoms with Crippen LogP contribution in [0, 0.1) is 0 Å². The molecule has 0 saturated carbocycles. The summed E-state index contributed by atoms with van der Waals surface area (Å²) in [7, 11) is 0. The van der Waals surface area contributed by atoms with Crippen molar-refractivity contribution in [2.24, 2.45) is 5.16 Å². The van der Waals surface area contributed by atoms with E-state index in [-0.39, 0.29) is 0 Å². The summed E-state index contributed by atoms with van der Waals surface area (Å²) in [6.45, 7) is 0. The molecule has 0 saturated heterocycles. The smallest absolute Gasteiger partial charge is 0.120 e. The van der Waals surface area contributed by atoms with E-state index < -0.39 is 0 Å². The molecule has 2 aromatic carbocycles. The summed E-state index contributed by atoms with van der Waals surface area (Å²) < 4.78 is 0.847. The van der Waals surface area contributed by atoms with Crippen LogP contribution in [0.3, 0.4) is 0 Å². The third-order valence-electron chi connectivity index (χ3n) is 2.50. The van der Waals surface area contributed by atoms with Crippen LogP contribution in [0.4, 0.5) is 5.69 Å². The summed E-state index contributed by atoms with van der Waals surface area (Å²) in [4.78, 5) is 0. The van der Waals surface area contributed by atoms with Crippen LogP contribution < -0.4 is 5.73 Å². The van der Waals surface area contributed by atoms with Gasteiger partial charge in [-0.25, -0.2) is 0 Å². The predicted molar refractivity (Wildman–Crippen MR) is 77.4 cm³/mol. The molecule has 0 amide bonds. The van der Waals surface area contributed by atoms with Crippen molar-refractivity contribution in [2.45, 2.75) is 0 Å². The van der Waals surface area contributed by atoms with Crippen LogP contribution >= 0.6 is 27.5 Å². The van der Waals surface area contributed by atoms with E-state index in [1.807, 2.05) is 18.2 Å². The molecule has 92 valence electrons. The summed E-state index contributed by atoms with van der Waals surface area (Å²) in [6.07, 6.45) is 0. The summed E-state index contributed by atoms with van der Waals surface area (Å²) in [5, 5.41) is 13.1. The highest BCUT2D eigenvalue weighted by molar-refractivity contribution is 9.10. The highest BCUT2D eigenvalue weighted by Gasteiger charge is 2.14. The van der Waals surface area contributed by atoms with Gasteiger partial charge in [0.25, 0.3) is 0 Å². The van der Waals surface area contributed by atoms with Gasteiger partial charge in [-0.1, -0.05) is 50.9 Å². The Morgan fingerprint density at radius 2 is 1.89 bits per heavy atom. The molecule has 0 bridgehead atoms. The fraction of sp³-hybridized carbons (Fsp3) is 0. The van der Waals surface area contributed by atoms with Crippen molar-refractivity contribution < 1.29 is 5.21 Å². The van der Waals surface area contributed by atoms with Gasteiger partial charge in [-0.05, 0) is 24.3 Å². The molecule has 0 unspecified atom stereocenters. The molecule has 0 fully saturated rings. The number of rotatable bonds is 2. The van der Waals surface area contributed by atoms with Gasteiger partial charge in [-0.15, -0.1) is 0 Å². The normalized spacial score (nSPS) is 11.6. The van der Waals surface area contributed by atoms with Gasteiger partial charge in [-0.3, -0.25) is 0 Å². The van der Waals surface area contributed by atoms with Crippen LogP contribution in [0.25, 0.3) is 0 Å². The van der Waals surface area contributed by atoms with E-state index in [1.54, 1.807) is 24.3 Å². The van der Waals surface area contributed by atoms with Crippen molar-refractivity contribution >= 4 is 38.9 Å². The van der Waals surface area contributed by atoms with Crippen molar-refractivity contribution in [1.29, 1.82) is 0 Å². The van der Waals surface area contributed by atoms with Gasteiger partial charge in [0.2, 0.25) is 0 Å². The highest BCUT2D eigenvalue weighted by atomic mass is 79.9. The fourth-order valence-electron chi connectivity index (χ4n) is 1.64. The Balaban J connectivity index is 2.60. The van der Waals surface area contributed by atoms with Crippen LogP contribution in [-0.2, 0) is 0 Å². The lowest BCUT2D eigenvalue weighted by atomic mass is 10.0. The zero-order valence-electron chi connectivity index (χ0n) is 9.27. The number of halogens is 2. The van der Waals surface area contributed by atoms with Crippen molar-refractivity contribution in [3.63, 3.8) is 0 Å². The molecule has 0 radical (unpaired) electrons. The SMILES string of the molecule is Nc1ccc(Br)cc1/C(=N/O)c1ccccc1Cl. The maximum absolute atomic E-state index is 9.23. The number of anilines is 1. The Labute approximate surface area is 118 Å². The third kappa shape index (κ3) is 2.49. The lowest BCUT2D eigenvalue weighted by molar-refractivity contribution is 0.319. The van der Waals surface area contributed by atoms with Gasteiger partial charge in [0, 0.05) is 21.3 Å².